The normalized spacial score (nSPS) is 21.4. The fraction of sp³-hybridized carbons (Fsp3) is 0.600. The Bertz CT molecular complexity index is 357. The summed E-state index contributed by atoms with van der Waals surface area (Å²) in [6, 6.07) is 8.62. The molecule has 1 fully saturated rings. The molecule has 2 atom stereocenters. The van der Waals surface area contributed by atoms with Gasteiger partial charge in [-0.2, -0.15) is 0 Å². The van der Waals surface area contributed by atoms with E-state index in [2.05, 4.69) is 30.9 Å². The van der Waals surface area contributed by atoms with Crippen LogP contribution in [0.3, 0.4) is 0 Å². The molecule has 100 valence electrons. The van der Waals surface area contributed by atoms with E-state index >= 15 is 0 Å². The predicted octanol–water partition coefficient (Wildman–Crippen LogP) is 2.83. The van der Waals surface area contributed by atoms with Gasteiger partial charge in [0.25, 0.3) is 0 Å². The number of hydrogen-bond acceptors (Lipinski definition) is 3. The molecule has 2 rings (SSSR count). The van der Waals surface area contributed by atoms with E-state index in [0.717, 1.165) is 25.4 Å². The minimum absolute atomic E-state index is 0.416. The molecule has 3 nitrogen and oxygen atoms in total. The third kappa shape index (κ3) is 3.24. The third-order valence-electron chi connectivity index (χ3n) is 3.83. The van der Waals surface area contributed by atoms with Gasteiger partial charge in [-0.1, -0.05) is 19.1 Å². The second-order valence-electron chi connectivity index (χ2n) is 5.07. The predicted molar refractivity (Wildman–Crippen MR) is 75.5 cm³/mol. The van der Waals surface area contributed by atoms with Gasteiger partial charge in [0.15, 0.2) is 0 Å². The quantitative estimate of drug-likeness (QED) is 0.814. The maximum Gasteiger partial charge on any atom is 0.0703 e. The Kier molecular flexibility index (Phi) is 4.61. The van der Waals surface area contributed by atoms with Crippen molar-refractivity contribution in [3.8, 4) is 0 Å². The summed E-state index contributed by atoms with van der Waals surface area (Å²) >= 11 is 0. The zero-order valence-electron chi connectivity index (χ0n) is 11.4. The van der Waals surface area contributed by atoms with E-state index in [1.807, 2.05) is 12.1 Å². The monoisotopic (exact) mass is 248 g/mol. The molecule has 1 saturated heterocycles. The van der Waals surface area contributed by atoms with Crippen molar-refractivity contribution in [3.63, 3.8) is 0 Å². The highest BCUT2D eigenvalue weighted by Gasteiger charge is 2.22. The molecule has 2 N–H and O–H groups in total. The lowest BCUT2D eigenvalue weighted by Gasteiger charge is -2.30. The maximum atomic E-state index is 5.73. The molecule has 1 aromatic carbocycles. The molecule has 1 aromatic rings. The van der Waals surface area contributed by atoms with Gasteiger partial charge >= 0.3 is 0 Å². The van der Waals surface area contributed by atoms with Gasteiger partial charge in [0.2, 0.25) is 0 Å². The van der Waals surface area contributed by atoms with Crippen LogP contribution >= 0.6 is 0 Å². The lowest BCUT2D eigenvalue weighted by atomic mass is 10.1. The highest BCUT2D eigenvalue weighted by atomic mass is 16.5. The largest absolute Gasteiger partial charge is 0.399 e. The summed E-state index contributed by atoms with van der Waals surface area (Å²) in [5.41, 5.74) is 7.88. The molecule has 0 spiro atoms. The SMILES string of the molecule is CCN(CC1CCCO1)C(C)c1ccc(N)cc1. The van der Waals surface area contributed by atoms with Crippen molar-refractivity contribution >= 4 is 5.69 Å². The molecule has 3 heteroatoms. The Morgan fingerprint density at radius 2 is 2.11 bits per heavy atom. The van der Waals surface area contributed by atoms with Gasteiger partial charge in [-0.15, -0.1) is 0 Å². The van der Waals surface area contributed by atoms with Crippen molar-refractivity contribution in [3.05, 3.63) is 29.8 Å². The zero-order valence-corrected chi connectivity index (χ0v) is 11.4. The molecular weight excluding hydrogens is 224 g/mol. The number of likely N-dealkylation sites (N-methyl/N-ethyl adjacent to an activating group) is 1. The second kappa shape index (κ2) is 6.21. The summed E-state index contributed by atoms with van der Waals surface area (Å²) < 4.78 is 5.73. The highest BCUT2D eigenvalue weighted by molar-refractivity contribution is 5.40. The van der Waals surface area contributed by atoms with Crippen LogP contribution < -0.4 is 5.73 Å². The van der Waals surface area contributed by atoms with Crippen LogP contribution in [0.5, 0.6) is 0 Å². The highest BCUT2D eigenvalue weighted by Crippen LogP contribution is 2.23. The topological polar surface area (TPSA) is 38.5 Å². The van der Waals surface area contributed by atoms with Gasteiger partial charge in [0, 0.05) is 24.9 Å². The van der Waals surface area contributed by atoms with Crippen LogP contribution in [0.2, 0.25) is 0 Å². The third-order valence-corrected chi connectivity index (χ3v) is 3.83. The van der Waals surface area contributed by atoms with Crippen LogP contribution in [-0.2, 0) is 4.74 Å². The van der Waals surface area contributed by atoms with Crippen LogP contribution in [0.1, 0.15) is 38.3 Å². The standard InChI is InChI=1S/C15H24N2O/c1-3-17(11-15-5-4-10-18-15)12(2)13-6-8-14(16)9-7-13/h6-9,12,15H,3-5,10-11,16H2,1-2H3. The van der Waals surface area contributed by atoms with E-state index in [1.165, 1.54) is 18.4 Å². The van der Waals surface area contributed by atoms with Gasteiger partial charge in [0.1, 0.15) is 0 Å². The molecule has 0 bridgehead atoms. The summed E-state index contributed by atoms with van der Waals surface area (Å²) in [6.45, 7) is 7.47. The summed E-state index contributed by atoms with van der Waals surface area (Å²) in [7, 11) is 0. The molecule has 0 radical (unpaired) electrons. The van der Waals surface area contributed by atoms with Crippen LogP contribution in [0.15, 0.2) is 24.3 Å². The van der Waals surface area contributed by atoms with Gasteiger partial charge in [-0.05, 0) is 44.0 Å². The number of rotatable bonds is 5. The van der Waals surface area contributed by atoms with Crippen molar-refractivity contribution in [2.24, 2.45) is 0 Å². The minimum Gasteiger partial charge on any atom is -0.399 e. The average molecular weight is 248 g/mol. The van der Waals surface area contributed by atoms with E-state index in [-0.39, 0.29) is 0 Å². The molecule has 0 saturated carbocycles. The molecule has 1 heterocycles. The smallest absolute Gasteiger partial charge is 0.0703 e. The number of nitrogen functional groups attached to an aromatic ring is 1. The first-order valence-corrected chi connectivity index (χ1v) is 6.91. The molecule has 0 aromatic heterocycles. The van der Waals surface area contributed by atoms with Crippen molar-refractivity contribution in [2.45, 2.75) is 38.8 Å². The molecular formula is C15H24N2O. The number of anilines is 1. The Morgan fingerprint density at radius 1 is 1.39 bits per heavy atom. The Labute approximate surface area is 110 Å². The van der Waals surface area contributed by atoms with Crippen molar-refractivity contribution in [2.75, 3.05) is 25.4 Å². The van der Waals surface area contributed by atoms with Crippen LogP contribution in [0.25, 0.3) is 0 Å². The lowest BCUT2D eigenvalue weighted by Crippen LogP contribution is -2.34. The van der Waals surface area contributed by atoms with E-state index in [9.17, 15) is 0 Å². The Balaban J connectivity index is 1.99. The molecule has 2 unspecified atom stereocenters. The number of ether oxygens (including phenoxy) is 1. The van der Waals surface area contributed by atoms with Crippen LogP contribution in [-0.4, -0.2) is 30.7 Å². The molecule has 0 aliphatic carbocycles. The number of benzene rings is 1. The van der Waals surface area contributed by atoms with E-state index < -0.39 is 0 Å². The molecule has 18 heavy (non-hydrogen) atoms. The first-order valence-electron chi connectivity index (χ1n) is 6.91. The van der Waals surface area contributed by atoms with E-state index in [0.29, 0.717) is 12.1 Å². The van der Waals surface area contributed by atoms with Crippen LogP contribution in [0, 0.1) is 0 Å². The van der Waals surface area contributed by atoms with Gasteiger partial charge < -0.3 is 10.5 Å². The summed E-state index contributed by atoms with van der Waals surface area (Å²) in [5.74, 6) is 0. The zero-order chi connectivity index (χ0) is 13.0. The van der Waals surface area contributed by atoms with Crippen LogP contribution in [0.4, 0.5) is 5.69 Å². The Morgan fingerprint density at radius 3 is 2.67 bits per heavy atom. The van der Waals surface area contributed by atoms with Crippen molar-refractivity contribution in [1.29, 1.82) is 0 Å². The molecule has 1 aliphatic heterocycles. The van der Waals surface area contributed by atoms with Gasteiger partial charge in [-0.3, -0.25) is 4.90 Å². The molecule has 0 amide bonds. The first kappa shape index (κ1) is 13.4. The summed E-state index contributed by atoms with van der Waals surface area (Å²) in [4.78, 5) is 2.47. The van der Waals surface area contributed by atoms with Crippen molar-refractivity contribution < 1.29 is 4.74 Å². The fourth-order valence-electron chi connectivity index (χ4n) is 2.60. The minimum atomic E-state index is 0.416. The first-order chi connectivity index (χ1) is 8.70. The van der Waals surface area contributed by atoms with E-state index in [4.69, 9.17) is 10.5 Å². The average Bonchev–Trinajstić information content (AvgIpc) is 2.89. The summed E-state index contributed by atoms with van der Waals surface area (Å²) in [5, 5.41) is 0. The van der Waals surface area contributed by atoms with Crippen molar-refractivity contribution in [1.82, 2.24) is 4.90 Å². The summed E-state index contributed by atoms with van der Waals surface area (Å²) in [6.07, 6.45) is 2.82. The fourth-order valence-corrected chi connectivity index (χ4v) is 2.60. The maximum absolute atomic E-state index is 5.73. The van der Waals surface area contributed by atoms with Gasteiger partial charge in [0.05, 0.1) is 6.10 Å². The number of nitrogens with two attached hydrogens (primary N) is 1. The number of hydrogen-bond donors (Lipinski definition) is 1. The lowest BCUT2D eigenvalue weighted by molar-refractivity contribution is 0.0618. The Hall–Kier alpha value is -1.06. The second-order valence-corrected chi connectivity index (χ2v) is 5.07. The molecule has 1 aliphatic rings. The van der Waals surface area contributed by atoms with E-state index in [1.54, 1.807) is 0 Å². The van der Waals surface area contributed by atoms with Gasteiger partial charge in [-0.25, -0.2) is 0 Å². The number of nitrogens with zero attached hydrogens (tertiary/aromatic N) is 1.